The second kappa shape index (κ2) is 13.0. The summed E-state index contributed by atoms with van der Waals surface area (Å²) in [6, 6.07) is 10.0. The van der Waals surface area contributed by atoms with Crippen molar-refractivity contribution in [3.8, 4) is 0 Å². The first-order valence-corrected chi connectivity index (χ1v) is 12.4. The molecule has 0 heterocycles. The van der Waals surface area contributed by atoms with Gasteiger partial charge in [0.2, 0.25) is 11.8 Å². The molecule has 10 heteroatoms. The van der Waals surface area contributed by atoms with Gasteiger partial charge in [0.25, 0.3) is 5.91 Å². The molecule has 10 nitrogen and oxygen atoms in total. The molecular formula is C28H38N4O6. The second-order valence-corrected chi connectivity index (χ2v) is 10.1. The van der Waals surface area contributed by atoms with Crippen molar-refractivity contribution in [2.45, 2.75) is 65.6 Å². The molecule has 206 valence electrons. The highest BCUT2D eigenvalue weighted by atomic mass is 16.6. The Hall–Kier alpha value is -3.92. The molecule has 2 unspecified atom stereocenters. The molecule has 2 aromatic rings. The third kappa shape index (κ3) is 8.31. The molecule has 38 heavy (non-hydrogen) atoms. The molecule has 0 saturated heterocycles. The summed E-state index contributed by atoms with van der Waals surface area (Å²) in [7, 11) is 0. The molecule has 0 aliphatic heterocycles. The largest absolute Gasteiger partial charge is 0.444 e. The number of aryl methyl sites for hydroxylation is 3. The van der Waals surface area contributed by atoms with Crippen molar-refractivity contribution in [3.05, 3.63) is 64.7 Å². The first kappa shape index (κ1) is 30.3. The van der Waals surface area contributed by atoms with E-state index in [2.05, 4.69) is 10.6 Å². The standard InChI is InChI=1S/C28H38N4O6/c1-17-10-7-8-13-20(17)24(25(35)31-23-18(2)11-9-12-19(23)3)32(14-15-33)26(36)21(16-22(29)34)30-27(37)38-28(4,5)6/h7-13,21,24,33H,14-16H2,1-6H3,(H2,29,34)(H,30,37)(H,31,35). The van der Waals surface area contributed by atoms with E-state index in [-0.39, 0.29) is 6.54 Å². The van der Waals surface area contributed by atoms with E-state index in [0.29, 0.717) is 11.3 Å². The van der Waals surface area contributed by atoms with Crippen molar-refractivity contribution in [2.75, 3.05) is 18.5 Å². The fraction of sp³-hybridized carbons (Fsp3) is 0.429. The summed E-state index contributed by atoms with van der Waals surface area (Å²) in [5.74, 6) is -2.13. The highest BCUT2D eigenvalue weighted by Crippen LogP contribution is 2.28. The third-order valence-corrected chi connectivity index (χ3v) is 5.79. The molecule has 0 radical (unpaired) electrons. The van der Waals surface area contributed by atoms with Crippen LogP contribution in [-0.2, 0) is 19.1 Å². The monoisotopic (exact) mass is 526 g/mol. The van der Waals surface area contributed by atoms with Crippen molar-refractivity contribution in [3.63, 3.8) is 0 Å². The van der Waals surface area contributed by atoms with Crippen LogP contribution in [0.25, 0.3) is 0 Å². The number of hydrogen-bond donors (Lipinski definition) is 4. The number of anilines is 1. The lowest BCUT2D eigenvalue weighted by atomic mass is 9.97. The van der Waals surface area contributed by atoms with Crippen LogP contribution in [0.2, 0.25) is 0 Å². The minimum atomic E-state index is -1.42. The first-order valence-electron chi connectivity index (χ1n) is 12.4. The van der Waals surface area contributed by atoms with Gasteiger partial charge in [-0.1, -0.05) is 42.5 Å². The fourth-order valence-electron chi connectivity index (χ4n) is 4.07. The number of carbonyl (C=O) groups excluding carboxylic acids is 4. The van der Waals surface area contributed by atoms with Crippen molar-refractivity contribution < 1.29 is 29.0 Å². The molecular weight excluding hydrogens is 488 g/mol. The average molecular weight is 527 g/mol. The number of aliphatic hydroxyl groups excluding tert-OH is 1. The van der Waals surface area contributed by atoms with E-state index < -0.39 is 54.5 Å². The number of aliphatic hydroxyl groups is 1. The van der Waals surface area contributed by atoms with E-state index in [1.807, 2.05) is 32.0 Å². The van der Waals surface area contributed by atoms with E-state index in [9.17, 15) is 24.3 Å². The number of nitrogens with zero attached hydrogens (tertiary/aromatic N) is 1. The van der Waals surface area contributed by atoms with E-state index in [4.69, 9.17) is 10.5 Å². The SMILES string of the molecule is Cc1ccccc1C(C(=O)Nc1c(C)cccc1C)N(CCO)C(=O)C(CC(N)=O)NC(=O)OC(C)(C)C. The van der Waals surface area contributed by atoms with Crippen LogP contribution in [0.5, 0.6) is 0 Å². The highest BCUT2D eigenvalue weighted by Gasteiger charge is 2.37. The van der Waals surface area contributed by atoms with E-state index in [1.54, 1.807) is 52.0 Å². The van der Waals surface area contributed by atoms with Crippen LogP contribution >= 0.6 is 0 Å². The molecule has 0 aliphatic carbocycles. The van der Waals surface area contributed by atoms with Crippen LogP contribution < -0.4 is 16.4 Å². The van der Waals surface area contributed by atoms with Gasteiger partial charge in [0.1, 0.15) is 17.7 Å². The van der Waals surface area contributed by atoms with Gasteiger partial charge in [-0.15, -0.1) is 0 Å². The van der Waals surface area contributed by atoms with Crippen LogP contribution in [0.15, 0.2) is 42.5 Å². The summed E-state index contributed by atoms with van der Waals surface area (Å²) >= 11 is 0. The van der Waals surface area contributed by atoms with E-state index in [0.717, 1.165) is 21.6 Å². The third-order valence-electron chi connectivity index (χ3n) is 5.79. The molecule has 2 aromatic carbocycles. The number of nitrogens with one attached hydrogen (secondary N) is 2. The smallest absolute Gasteiger partial charge is 0.408 e. The zero-order valence-corrected chi connectivity index (χ0v) is 22.8. The van der Waals surface area contributed by atoms with Gasteiger partial charge in [-0.2, -0.15) is 0 Å². The van der Waals surface area contributed by atoms with Crippen molar-refractivity contribution in [1.29, 1.82) is 0 Å². The van der Waals surface area contributed by atoms with Crippen molar-refractivity contribution in [1.82, 2.24) is 10.2 Å². The molecule has 0 aromatic heterocycles. The molecule has 2 atom stereocenters. The molecule has 5 N–H and O–H groups in total. The predicted molar refractivity (Wildman–Crippen MR) is 144 cm³/mol. The molecule has 0 saturated carbocycles. The van der Waals surface area contributed by atoms with Crippen LogP contribution in [0.4, 0.5) is 10.5 Å². The lowest BCUT2D eigenvalue weighted by Crippen LogP contribution is -2.54. The number of rotatable bonds is 10. The van der Waals surface area contributed by atoms with Gasteiger partial charge < -0.3 is 31.1 Å². The van der Waals surface area contributed by atoms with Gasteiger partial charge >= 0.3 is 6.09 Å². The maximum absolute atomic E-state index is 13.9. The Morgan fingerprint density at radius 3 is 2.08 bits per heavy atom. The van der Waals surface area contributed by atoms with Gasteiger partial charge in [-0.3, -0.25) is 14.4 Å². The zero-order valence-electron chi connectivity index (χ0n) is 22.8. The lowest BCUT2D eigenvalue weighted by molar-refractivity contribution is -0.142. The number of primary amides is 1. The van der Waals surface area contributed by atoms with Crippen molar-refractivity contribution in [2.24, 2.45) is 5.73 Å². The Morgan fingerprint density at radius 1 is 0.974 bits per heavy atom. The Labute approximate surface area is 223 Å². The van der Waals surface area contributed by atoms with Gasteiger partial charge in [0.15, 0.2) is 0 Å². The Bertz CT molecular complexity index is 1150. The average Bonchev–Trinajstić information content (AvgIpc) is 2.80. The number of hydrogen-bond acceptors (Lipinski definition) is 6. The first-order chi connectivity index (χ1) is 17.7. The van der Waals surface area contributed by atoms with Gasteiger partial charge in [0, 0.05) is 12.2 Å². The number of para-hydroxylation sites is 1. The summed E-state index contributed by atoms with van der Waals surface area (Å²) in [5, 5.41) is 15.2. The lowest BCUT2D eigenvalue weighted by Gasteiger charge is -2.34. The minimum Gasteiger partial charge on any atom is -0.444 e. The van der Waals surface area contributed by atoms with Gasteiger partial charge in [0.05, 0.1) is 13.0 Å². The Morgan fingerprint density at radius 2 is 1.55 bits per heavy atom. The number of ether oxygens (including phenoxy) is 1. The summed E-state index contributed by atoms with van der Waals surface area (Å²) < 4.78 is 5.26. The predicted octanol–water partition coefficient (Wildman–Crippen LogP) is 2.88. The topological polar surface area (TPSA) is 151 Å². The summed E-state index contributed by atoms with van der Waals surface area (Å²) in [6.07, 6.45) is -1.45. The molecule has 0 bridgehead atoms. The second-order valence-electron chi connectivity index (χ2n) is 10.1. The van der Waals surface area contributed by atoms with Crippen LogP contribution in [0.3, 0.4) is 0 Å². The maximum Gasteiger partial charge on any atom is 0.408 e. The minimum absolute atomic E-state index is 0.247. The molecule has 0 spiro atoms. The maximum atomic E-state index is 13.9. The molecule has 2 rings (SSSR count). The van der Waals surface area contributed by atoms with E-state index >= 15 is 0 Å². The summed E-state index contributed by atoms with van der Waals surface area (Å²) in [6.45, 7) is 9.76. The van der Waals surface area contributed by atoms with Gasteiger partial charge in [-0.05, 0) is 63.8 Å². The normalized spacial score (nSPS) is 12.7. The zero-order chi connectivity index (χ0) is 28.6. The molecule has 0 fully saturated rings. The number of carbonyl (C=O) groups is 4. The van der Waals surface area contributed by atoms with Crippen LogP contribution in [0.1, 0.15) is 55.5 Å². The van der Waals surface area contributed by atoms with Crippen LogP contribution in [-0.4, -0.2) is 58.6 Å². The number of alkyl carbamates (subject to hydrolysis) is 1. The summed E-state index contributed by atoms with van der Waals surface area (Å²) in [5.41, 5.74) is 8.05. The quantitative estimate of drug-likeness (QED) is 0.374. The fourth-order valence-corrected chi connectivity index (χ4v) is 4.07. The Kier molecular flexibility index (Phi) is 10.4. The van der Waals surface area contributed by atoms with Gasteiger partial charge in [-0.25, -0.2) is 4.79 Å². The van der Waals surface area contributed by atoms with Crippen molar-refractivity contribution >= 4 is 29.5 Å². The Balaban J connectivity index is 2.56. The number of benzene rings is 2. The van der Waals surface area contributed by atoms with Crippen LogP contribution in [0, 0.1) is 20.8 Å². The number of nitrogens with two attached hydrogens (primary N) is 1. The summed E-state index contributed by atoms with van der Waals surface area (Å²) in [4.78, 5) is 53.2. The highest BCUT2D eigenvalue weighted by molar-refractivity contribution is 6.00. The molecule has 4 amide bonds. The van der Waals surface area contributed by atoms with E-state index in [1.165, 1.54) is 0 Å². The molecule has 0 aliphatic rings. The number of amides is 4.